The molecule has 1 heterocycles. The zero-order valence-corrected chi connectivity index (χ0v) is 12.9. The van der Waals surface area contributed by atoms with Gasteiger partial charge in [0.05, 0.1) is 0 Å². The molecule has 1 saturated heterocycles. The zero-order chi connectivity index (χ0) is 14.6. The Hall–Kier alpha value is -1.06. The summed E-state index contributed by atoms with van der Waals surface area (Å²) in [6.45, 7) is 10.2. The van der Waals surface area contributed by atoms with Gasteiger partial charge < -0.3 is 10.2 Å². The first kappa shape index (κ1) is 16.0. The van der Waals surface area contributed by atoms with Crippen molar-refractivity contribution in [2.45, 2.75) is 78.4 Å². The average Bonchev–Trinajstić information content (AvgIpc) is 2.37. The smallest absolute Gasteiger partial charge is 0.246 e. The summed E-state index contributed by atoms with van der Waals surface area (Å²) in [5, 5.41) is 2.86. The van der Waals surface area contributed by atoms with E-state index in [1.54, 1.807) is 0 Å². The number of hydrogen-bond acceptors (Lipinski definition) is 2. The van der Waals surface area contributed by atoms with E-state index in [0.29, 0.717) is 6.42 Å². The van der Waals surface area contributed by atoms with Crippen LogP contribution in [0.5, 0.6) is 0 Å². The largest absolute Gasteiger partial charge is 0.343 e. The molecule has 0 radical (unpaired) electrons. The molecule has 1 aliphatic rings. The maximum Gasteiger partial charge on any atom is 0.246 e. The van der Waals surface area contributed by atoms with Crippen LogP contribution in [0.2, 0.25) is 0 Å². The molecule has 1 aliphatic heterocycles. The lowest BCUT2D eigenvalue weighted by atomic mass is 9.93. The SMILES string of the molecule is CCCCC(C)N1C(=O)C(CC)NC(=O)C1C(C)C. The monoisotopic (exact) mass is 268 g/mol. The van der Waals surface area contributed by atoms with Crippen LogP contribution in [0.25, 0.3) is 0 Å². The molecule has 1 rings (SSSR count). The first-order valence-corrected chi connectivity index (χ1v) is 7.56. The van der Waals surface area contributed by atoms with Crippen molar-refractivity contribution in [3.05, 3.63) is 0 Å². The summed E-state index contributed by atoms with van der Waals surface area (Å²) in [6.07, 6.45) is 3.83. The Balaban J connectivity index is 2.95. The van der Waals surface area contributed by atoms with Crippen molar-refractivity contribution in [3.63, 3.8) is 0 Å². The molecule has 0 bridgehead atoms. The molecule has 19 heavy (non-hydrogen) atoms. The molecule has 0 saturated carbocycles. The van der Waals surface area contributed by atoms with Crippen LogP contribution in [0.4, 0.5) is 0 Å². The predicted molar refractivity (Wildman–Crippen MR) is 76.7 cm³/mol. The van der Waals surface area contributed by atoms with Gasteiger partial charge >= 0.3 is 0 Å². The molecule has 1 fully saturated rings. The minimum absolute atomic E-state index is 0.00444. The molecule has 3 atom stereocenters. The van der Waals surface area contributed by atoms with E-state index in [1.807, 2.05) is 25.7 Å². The second-order valence-electron chi connectivity index (χ2n) is 5.90. The third-order valence-electron chi connectivity index (χ3n) is 3.93. The van der Waals surface area contributed by atoms with Gasteiger partial charge in [-0.25, -0.2) is 0 Å². The molecule has 2 amide bonds. The van der Waals surface area contributed by atoms with Crippen molar-refractivity contribution in [1.29, 1.82) is 0 Å². The van der Waals surface area contributed by atoms with Crippen LogP contribution in [0.1, 0.15) is 60.3 Å². The third-order valence-corrected chi connectivity index (χ3v) is 3.93. The normalized spacial score (nSPS) is 25.7. The van der Waals surface area contributed by atoms with E-state index >= 15 is 0 Å². The number of carbonyl (C=O) groups excluding carboxylic acids is 2. The lowest BCUT2D eigenvalue weighted by molar-refractivity contribution is -0.154. The average molecular weight is 268 g/mol. The lowest BCUT2D eigenvalue weighted by Gasteiger charge is -2.44. The molecule has 0 spiro atoms. The number of rotatable bonds is 6. The van der Waals surface area contributed by atoms with Crippen molar-refractivity contribution in [2.24, 2.45) is 5.92 Å². The van der Waals surface area contributed by atoms with Crippen molar-refractivity contribution in [3.8, 4) is 0 Å². The van der Waals surface area contributed by atoms with Gasteiger partial charge in [-0.3, -0.25) is 9.59 Å². The van der Waals surface area contributed by atoms with Gasteiger partial charge in [0, 0.05) is 6.04 Å². The number of amides is 2. The number of hydrogen-bond donors (Lipinski definition) is 1. The highest BCUT2D eigenvalue weighted by Crippen LogP contribution is 2.23. The van der Waals surface area contributed by atoms with Crippen LogP contribution in [-0.4, -0.2) is 34.8 Å². The number of nitrogens with one attached hydrogen (secondary N) is 1. The summed E-state index contributed by atoms with van der Waals surface area (Å²) in [5.41, 5.74) is 0. The van der Waals surface area contributed by atoms with Crippen molar-refractivity contribution >= 4 is 11.8 Å². The summed E-state index contributed by atoms with van der Waals surface area (Å²) in [7, 11) is 0. The summed E-state index contributed by atoms with van der Waals surface area (Å²) >= 11 is 0. The molecule has 4 heteroatoms. The quantitative estimate of drug-likeness (QED) is 0.803. The zero-order valence-electron chi connectivity index (χ0n) is 12.9. The minimum atomic E-state index is -0.341. The maximum atomic E-state index is 12.5. The van der Waals surface area contributed by atoms with E-state index in [9.17, 15) is 9.59 Å². The molecule has 0 aromatic heterocycles. The predicted octanol–water partition coefficient (Wildman–Crippen LogP) is 2.33. The van der Waals surface area contributed by atoms with E-state index in [4.69, 9.17) is 0 Å². The Morgan fingerprint density at radius 3 is 2.32 bits per heavy atom. The maximum absolute atomic E-state index is 12.5. The van der Waals surface area contributed by atoms with E-state index < -0.39 is 0 Å². The summed E-state index contributed by atoms with van der Waals surface area (Å²) in [5.74, 6) is 0.236. The molecule has 1 N–H and O–H groups in total. The summed E-state index contributed by atoms with van der Waals surface area (Å²) in [4.78, 5) is 26.6. The third kappa shape index (κ3) is 3.48. The van der Waals surface area contributed by atoms with Crippen LogP contribution in [-0.2, 0) is 9.59 Å². The Bertz CT molecular complexity index is 328. The van der Waals surface area contributed by atoms with Gasteiger partial charge in [0.2, 0.25) is 11.8 Å². The van der Waals surface area contributed by atoms with Gasteiger partial charge in [0.1, 0.15) is 12.1 Å². The number of nitrogens with zero attached hydrogens (tertiary/aromatic N) is 1. The molecule has 0 aromatic rings. The molecule has 4 nitrogen and oxygen atoms in total. The fourth-order valence-electron chi connectivity index (χ4n) is 2.79. The first-order chi connectivity index (χ1) is 8.93. The Morgan fingerprint density at radius 1 is 1.21 bits per heavy atom. The lowest BCUT2D eigenvalue weighted by Crippen LogP contribution is -2.66. The van der Waals surface area contributed by atoms with Crippen LogP contribution < -0.4 is 5.32 Å². The highest BCUT2D eigenvalue weighted by molar-refractivity contribution is 5.97. The molecule has 0 aliphatic carbocycles. The number of piperazine rings is 1. The Kier molecular flexibility index (Phi) is 5.83. The highest BCUT2D eigenvalue weighted by atomic mass is 16.2. The fourth-order valence-corrected chi connectivity index (χ4v) is 2.79. The molecule has 110 valence electrons. The summed E-state index contributed by atoms with van der Waals surface area (Å²) < 4.78 is 0. The standard InChI is InChI=1S/C15H28N2O2/c1-6-8-9-11(5)17-13(10(3)4)14(18)16-12(7-2)15(17)19/h10-13H,6-9H2,1-5H3,(H,16,18). The fraction of sp³-hybridized carbons (Fsp3) is 0.867. The summed E-state index contributed by atoms with van der Waals surface area (Å²) in [6, 6.07) is -0.520. The van der Waals surface area contributed by atoms with Crippen LogP contribution in [0.15, 0.2) is 0 Å². The van der Waals surface area contributed by atoms with E-state index in [2.05, 4.69) is 19.2 Å². The number of unbranched alkanes of at least 4 members (excludes halogenated alkanes) is 1. The number of carbonyl (C=O) groups is 2. The molecular formula is C15H28N2O2. The highest BCUT2D eigenvalue weighted by Gasteiger charge is 2.42. The van der Waals surface area contributed by atoms with Crippen LogP contribution in [0, 0.1) is 5.92 Å². The molecular weight excluding hydrogens is 240 g/mol. The van der Waals surface area contributed by atoms with Crippen molar-refractivity contribution < 1.29 is 9.59 Å². The van der Waals surface area contributed by atoms with Gasteiger partial charge in [-0.05, 0) is 25.7 Å². The van der Waals surface area contributed by atoms with Crippen molar-refractivity contribution in [2.75, 3.05) is 0 Å². The second kappa shape index (κ2) is 6.92. The Morgan fingerprint density at radius 2 is 1.84 bits per heavy atom. The van der Waals surface area contributed by atoms with Gasteiger partial charge in [-0.15, -0.1) is 0 Å². The van der Waals surface area contributed by atoms with Crippen LogP contribution in [0.3, 0.4) is 0 Å². The van der Waals surface area contributed by atoms with Gasteiger partial charge in [-0.1, -0.05) is 40.5 Å². The van der Waals surface area contributed by atoms with Crippen molar-refractivity contribution in [1.82, 2.24) is 10.2 Å². The van der Waals surface area contributed by atoms with Gasteiger partial charge in [0.15, 0.2) is 0 Å². The van der Waals surface area contributed by atoms with E-state index in [-0.39, 0.29) is 35.9 Å². The second-order valence-corrected chi connectivity index (χ2v) is 5.90. The minimum Gasteiger partial charge on any atom is -0.343 e. The van der Waals surface area contributed by atoms with Gasteiger partial charge in [0.25, 0.3) is 0 Å². The molecule has 0 aromatic carbocycles. The topological polar surface area (TPSA) is 49.4 Å². The van der Waals surface area contributed by atoms with E-state index in [1.165, 1.54) is 0 Å². The van der Waals surface area contributed by atoms with E-state index in [0.717, 1.165) is 19.3 Å². The first-order valence-electron chi connectivity index (χ1n) is 7.56. The molecule has 3 unspecified atom stereocenters. The Labute approximate surface area is 116 Å². The van der Waals surface area contributed by atoms with Gasteiger partial charge in [-0.2, -0.15) is 0 Å². The van der Waals surface area contributed by atoms with Crippen LogP contribution >= 0.6 is 0 Å².